The lowest BCUT2D eigenvalue weighted by molar-refractivity contribution is -0.133. The Kier molecular flexibility index (Phi) is 7.12. The van der Waals surface area contributed by atoms with Gasteiger partial charge in [0.2, 0.25) is 5.91 Å². The highest BCUT2D eigenvalue weighted by Crippen LogP contribution is 2.27. The molecule has 1 amide bonds. The molecule has 0 aliphatic carbocycles. The number of amides is 1. The fraction of sp³-hybridized carbons (Fsp3) is 0.650. The molecule has 134 valence electrons. The molecule has 1 aliphatic rings. The van der Waals surface area contributed by atoms with E-state index in [4.69, 9.17) is 11.6 Å². The molecule has 1 fully saturated rings. The molecule has 24 heavy (non-hydrogen) atoms. The first-order valence-corrected chi connectivity index (χ1v) is 9.49. The number of nitrogens with one attached hydrogen (secondary N) is 1. The van der Waals surface area contributed by atoms with Gasteiger partial charge in [-0.2, -0.15) is 0 Å². The Morgan fingerprint density at radius 2 is 1.96 bits per heavy atom. The monoisotopic (exact) mass is 350 g/mol. The Morgan fingerprint density at radius 3 is 2.54 bits per heavy atom. The van der Waals surface area contributed by atoms with Crippen LogP contribution in [-0.2, 0) is 4.79 Å². The van der Waals surface area contributed by atoms with Gasteiger partial charge in [0.1, 0.15) is 0 Å². The molecule has 1 aromatic carbocycles. The largest absolute Gasteiger partial charge is 0.342 e. The molecule has 0 spiro atoms. The number of hydrogen-bond acceptors (Lipinski definition) is 2. The van der Waals surface area contributed by atoms with Gasteiger partial charge in [0.25, 0.3) is 0 Å². The van der Waals surface area contributed by atoms with E-state index in [0.29, 0.717) is 18.3 Å². The number of carbonyl (C=O) groups is 1. The molecule has 0 radical (unpaired) electrons. The van der Waals surface area contributed by atoms with E-state index in [1.54, 1.807) is 0 Å². The van der Waals surface area contributed by atoms with Crippen molar-refractivity contribution in [1.29, 1.82) is 0 Å². The number of rotatable bonds is 6. The second-order valence-electron chi connectivity index (χ2n) is 7.37. The van der Waals surface area contributed by atoms with Gasteiger partial charge in [-0.3, -0.25) is 4.79 Å². The molecule has 4 atom stereocenters. The normalized spacial score (nSPS) is 21.8. The van der Waals surface area contributed by atoms with Crippen LogP contribution in [0.3, 0.4) is 0 Å². The van der Waals surface area contributed by atoms with Crippen molar-refractivity contribution < 1.29 is 4.79 Å². The zero-order valence-electron chi connectivity index (χ0n) is 15.4. The molecule has 4 unspecified atom stereocenters. The van der Waals surface area contributed by atoms with E-state index in [9.17, 15) is 4.79 Å². The van der Waals surface area contributed by atoms with Gasteiger partial charge < -0.3 is 10.2 Å². The smallest absolute Gasteiger partial charge is 0.222 e. The van der Waals surface area contributed by atoms with Gasteiger partial charge >= 0.3 is 0 Å². The summed E-state index contributed by atoms with van der Waals surface area (Å²) in [4.78, 5) is 14.6. The molecule has 1 aliphatic heterocycles. The van der Waals surface area contributed by atoms with Gasteiger partial charge in [-0.05, 0) is 62.4 Å². The number of piperidine rings is 1. The average molecular weight is 351 g/mol. The van der Waals surface area contributed by atoms with E-state index in [1.807, 2.05) is 24.1 Å². The van der Waals surface area contributed by atoms with Crippen molar-refractivity contribution in [2.75, 3.05) is 20.1 Å². The summed E-state index contributed by atoms with van der Waals surface area (Å²) in [6, 6.07) is 8.10. The summed E-state index contributed by atoms with van der Waals surface area (Å²) < 4.78 is 0. The predicted octanol–water partition coefficient (Wildman–Crippen LogP) is 4.32. The molecule has 1 saturated heterocycles. The Labute approximate surface area is 151 Å². The summed E-state index contributed by atoms with van der Waals surface area (Å²) >= 11 is 5.97. The topological polar surface area (TPSA) is 32.3 Å². The summed E-state index contributed by atoms with van der Waals surface area (Å²) in [5.74, 6) is 1.59. The van der Waals surface area contributed by atoms with Crippen LogP contribution in [0.5, 0.6) is 0 Å². The molecule has 3 nitrogen and oxygen atoms in total. The van der Waals surface area contributed by atoms with Crippen LogP contribution in [0.4, 0.5) is 0 Å². The molecular formula is C20H31ClN2O. The minimum absolute atomic E-state index is 0.162. The lowest BCUT2D eigenvalue weighted by Gasteiger charge is -2.33. The van der Waals surface area contributed by atoms with E-state index in [2.05, 4.69) is 38.2 Å². The van der Waals surface area contributed by atoms with Gasteiger partial charge in [-0.25, -0.2) is 0 Å². The highest BCUT2D eigenvalue weighted by Gasteiger charge is 2.27. The first-order chi connectivity index (χ1) is 11.4. The maximum Gasteiger partial charge on any atom is 0.222 e. The fourth-order valence-electron chi connectivity index (χ4n) is 3.56. The van der Waals surface area contributed by atoms with Crippen molar-refractivity contribution in [2.45, 2.75) is 52.0 Å². The molecule has 2 rings (SSSR count). The third-order valence-electron chi connectivity index (χ3n) is 5.76. The summed E-state index contributed by atoms with van der Waals surface area (Å²) in [6.45, 7) is 8.69. The van der Waals surface area contributed by atoms with Crippen molar-refractivity contribution in [3.8, 4) is 0 Å². The van der Waals surface area contributed by atoms with Crippen LogP contribution >= 0.6 is 11.6 Å². The van der Waals surface area contributed by atoms with Gasteiger partial charge in [-0.15, -0.1) is 0 Å². The van der Waals surface area contributed by atoms with Crippen LogP contribution in [-0.4, -0.2) is 37.0 Å². The second kappa shape index (κ2) is 8.87. The summed E-state index contributed by atoms with van der Waals surface area (Å²) in [6.07, 6.45) is 3.10. The average Bonchev–Trinajstić information content (AvgIpc) is 2.61. The van der Waals surface area contributed by atoms with Gasteiger partial charge in [-0.1, -0.05) is 37.6 Å². The van der Waals surface area contributed by atoms with Gasteiger partial charge in [0, 0.05) is 30.5 Å². The molecule has 0 aromatic heterocycles. The van der Waals surface area contributed by atoms with Crippen molar-refractivity contribution >= 4 is 17.5 Å². The minimum atomic E-state index is 0.162. The molecule has 1 heterocycles. The minimum Gasteiger partial charge on any atom is -0.342 e. The lowest BCUT2D eigenvalue weighted by atomic mass is 9.85. The van der Waals surface area contributed by atoms with Crippen LogP contribution < -0.4 is 5.32 Å². The Bertz CT molecular complexity index is 525. The number of benzene rings is 1. The molecule has 0 bridgehead atoms. The molecule has 1 N–H and O–H groups in total. The molecular weight excluding hydrogens is 320 g/mol. The first kappa shape index (κ1) is 19.3. The van der Waals surface area contributed by atoms with Crippen molar-refractivity contribution in [1.82, 2.24) is 10.2 Å². The quantitative estimate of drug-likeness (QED) is 0.828. The number of hydrogen-bond donors (Lipinski definition) is 1. The second-order valence-corrected chi connectivity index (χ2v) is 7.81. The van der Waals surface area contributed by atoms with Crippen molar-refractivity contribution in [3.05, 3.63) is 34.9 Å². The Morgan fingerprint density at radius 1 is 1.29 bits per heavy atom. The number of likely N-dealkylation sites (N-methyl/N-ethyl adjacent to an activating group) is 1. The summed E-state index contributed by atoms with van der Waals surface area (Å²) in [7, 11) is 1.94. The van der Waals surface area contributed by atoms with E-state index in [1.165, 1.54) is 18.4 Å². The SMILES string of the molecule is CC(CC(=O)N(C)C(C)C(C)c1ccc(Cl)cc1)C1CCCNC1. The third-order valence-corrected chi connectivity index (χ3v) is 6.01. The van der Waals surface area contributed by atoms with Crippen LogP contribution in [0.15, 0.2) is 24.3 Å². The summed E-state index contributed by atoms with van der Waals surface area (Å²) in [5.41, 5.74) is 1.22. The molecule has 0 saturated carbocycles. The van der Waals surface area contributed by atoms with Crippen molar-refractivity contribution in [3.63, 3.8) is 0 Å². The molecule has 1 aromatic rings. The van der Waals surface area contributed by atoms with Crippen LogP contribution in [0.25, 0.3) is 0 Å². The number of nitrogens with zero attached hydrogens (tertiary/aromatic N) is 1. The standard InChI is InChI=1S/C20H31ClN2O/c1-14(18-6-5-11-22-13-18)12-20(24)23(4)16(3)15(2)17-7-9-19(21)10-8-17/h7-10,14-16,18,22H,5-6,11-13H2,1-4H3. The van der Waals surface area contributed by atoms with E-state index >= 15 is 0 Å². The number of halogens is 1. The van der Waals surface area contributed by atoms with E-state index in [-0.39, 0.29) is 17.9 Å². The summed E-state index contributed by atoms with van der Waals surface area (Å²) in [5, 5.41) is 4.20. The maximum absolute atomic E-state index is 12.7. The van der Waals surface area contributed by atoms with Crippen LogP contribution in [0.1, 0.15) is 51.5 Å². The van der Waals surface area contributed by atoms with Crippen LogP contribution in [0.2, 0.25) is 5.02 Å². The van der Waals surface area contributed by atoms with Gasteiger partial charge in [0.05, 0.1) is 0 Å². The lowest BCUT2D eigenvalue weighted by Crippen LogP contribution is -2.40. The van der Waals surface area contributed by atoms with E-state index in [0.717, 1.165) is 18.1 Å². The van der Waals surface area contributed by atoms with Crippen LogP contribution in [0, 0.1) is 11.8 Å². The van der Waals surface area contributed by atoms with E-state index < -0.39 is 0 Å². The predicted molar refractivity (Wildman–Crippen MR) is 101 cm³/mol. The van der Waals surface area contributed by atoms with Gasteiger partial charge in [0.15, 0.2) is 0 Å². The zero-order valence-corrected chi connectivity index (χ0v) is 16.1. The fourth-order valence-corrected chi connectivity index (χ4v) is 3.68. The Balaban J connectivity index is 1.92. The highest BCUT2D eigenvalue weighted by molar-refractivity contribution is 6.30. The Hall–Kier alpha value is -1.06. The number of carbonyl (C=O) groups excluding carboxylic acids is 1. The zero-order chi connectivity index (χ0) is 17.7. The highest BCUT2D eigenvalue weighted by atomic mass is 35.5. The third kappa shape index (κ3) is 4.97. The molecule has 4 heteroatoms. The van der Waals surface area contributed by atoms with Crippen molar-refractivity contribution in [2.24, 2.45) is 11.8 Å². The first-order valence-electron chi connectivity index (χ1n) is 9.12. The maximum atomic E-state index is 12.7.